The van der Waals surface area contributed by atoms with Crippen molar-refractivity contribution in [2.75, 3.05) is 43.6 Å². The van der Waals surface area contributed by atoms with E-state index in [1.165, 1.54) is 0 Å². The Balaban J connectivity index is 1.60. The third-order valence-electron chi connectivity index (χ3n) is 5.07. The van der Waals surface area contributed by atoms with E-state index in [9.17, 15) is 0 Å². The van der Waals surface area contributed by atoms with Crippen LogP contribution in [0, 0.1) is 0 Å². The predicted octanol–water partition coefficient (Wildman–Crippen LogP) is 3.40. The summed E-state index contributed by atoms with van der Waals surface area (Å²) in [5.74, 6) is 2.18. The lowest BCUT2D eigenvalue weighted by molar-refractivity contribution is 0.122. The van der Waals surface area contributed by atoms with E-state index in [0.717, 1.165) is 47.1 Å². The summed E-state index contributed by atoms with van der Waals surface area (Å²) in [6.07, 6.45) is 1.84. The summed E-state index contributed by atoms with van der Waals surface area (Å²) in [6, 6.07) is 17.7. The smallest absolute Gasteiger partial charge is 0.231 e. The zero-order valence-corrected chi connectivity index (χ0v) is 16.7. The number of aromatic nitrogens is 4. The van der Waals surface area contributed by atoms with Crippen LogP contribution in [-0.4, -0.2) is 53.2 Å². The molecule has 30 heavy (non-hydrogen) atoms. The van der Waals surface area contributed by atoms with Crippen LogP contribution in [0.2, 0.25) is 0 Å². The third kappa shape index (κ3) is 3.53. The van der Waals surface area contributed by atoms with Gasteiger partial charge < -0.3 is 19.7 Å². The van der Waals surface area contributed by atoms with E-state index in [1.54, 1.807) is 7.11 Å². The number of hydrogen-bond acceptors (Lipinski definition) is 7. The Hall–Kier alpha value is -3.65. The first-order chi connectivity index (χ1) is 14.8. The van der Waals surface area contributed by atoms with Crippen LogP contribution in [-0.2, 0) is 4.74 Å². The van der Waals surface area contributed by atoms with Crippen LogP contribution < -0.4 is 15.0 Å². The van der Waals surface area contributed by atoms with Crippen molar-refractivity contribution in [3.63, 3.8) is 0 Å². The molecule has 2 aromatic heterocycles. The number of para-hydroxylation sites is 1. The quantitative estimate of drug-likeness (QED) is 0.548. The summed E-state index contributed by atoms with van der Waals surface area (Å²) in [5, 5.41) is 8.84. The van der Waals surface area contributed by atoms with Gasteiger partial charge in [-0.05, 0) is 36.4 Å². The highest BCUT2D eigenvalue weighted by Gasteiger charge is 2.20. The van der Waals surface area contributed by atoms with Gasteiger partial charge in [0.15, 0.2) is 5.65 Å². The second kappa shape index (κ2) is 8.00. The van der Waals surface area contributed by atoms with E-state index in [-0.39, 0.29) is 0 Å². The van der Waals surface area contributed by atoms with Gasteiger partial charge >= 0.3 is 0 Å². The summed E-state index contributed by atoms with van der Waals surface area (Å²) in [4.78, 5) is 11.9. The Bertz CT molecular complexity index is 1140. The lowest BCUT2D eigenvalue weighted by Gasteiger charge is -2.28. The molecule has 152 valence electrons. The fourth-order valence-electron chi connectivity index (χ4n) is 3.53. The predicted molar refractivity (Wildman–Crippen MR) is 116 cm³/mol. The molecule has 2 aromatic carbocycles. The van der Waals surface area contributed by atoms with Gasteiger partial charge in [-0.3, -0.25) is 0 Å². The van der Waals surface area contributed by atoms with Crippen molar-refractivity contribution in [1.29, 1.82) is 0 Å². The monoisotopic (exact) mass is 402 g/mol. The maximum absolute atomic E-state index is 5.52. The summed E-state index contributed by atoms with van der Waals surface area (Å²) in [6.45, 7) is 2.92. The van der Waals surface area contributed by atoms with Gasteiger partial charge in [0.25, 0.3) is 0 Å². The molecule has 3 heterocycles. The van der Waals surface area contributed by atoms with Crippen molar-refractivity contribution in [3.05, 3.63) is 60.8 Å². The highest BCUT2D eigenvalue weighted by atomic mass is 16.5. The average Bonchev–Trinajstić information content (AvgIpc) is 3.24. The number of morpholine rings is 1. The number of methoxy groups -OCH3 is 1. The fraction of sp³-hybridized carbons (Fsp3) is 0.227. The molecule has 0 radical (unpaired) electrons. The van der Waals surface area contributed by atoms with Crippen molar-refractivity contribution < 1.29 is 9.47 Å². The van der Waals surface area contributed by atoms with Crippen LogP contribution >= 0.6 is 0 Å². The molecule has 1 aliphatic rings. The molecule has 8 heteroatoms. The van der Waals surface area contributed by atoms with Crippen LogP contribution in [0.15, 0.2) is 60.8 Å². The van der Waals surface area contributed by atoms with Gasteiger partial charge in [0, 0.05) is 18.8 Å². The van der Waals surface area contributed by atoms with Crippen molar-refractivity contribution in [3.8, 4) is 11.4 Å². The number of rotatable bonds is 5. The maximum Gasteiger partial charge on any atom is 0.231 e. The Kier molecular flexibility index (Phi) is 4.90. The van der Waals surface area contributed by atoms with Crippen molar-refractivity contribution in [2.24, 2.45) is 0 Å². The Labute approximate surface area is 174 Å². The number of ether oxygens (including phenoxy) is 2. The molecular formula is C22H22N6O2. The molecule has 0 atom stereocenters. The normalized spacial score (nSPS) is 14.1. The van der Waals surface area contributed by atoms with Crippen molar-refractivity contribution in [2.45, 2.75) is 0 Å². The summed E-state index contributed by atoms with van der Waals surface area (Å²) in [5.41, 5.74) is 2.59. The minimum absolute atomic E-state index is 0.520. The molecule has 0 saturated carbocycles. The molecule has 4 aromatic rings. The summed E-state index contributed by atoms with van der Waals surface area (Å²) in [7, 11) is 1.65. The van der Waals surface area contributed by atoms with Crippen LogP contribution in [0.25, 0.3) is 16.7 Å². The molecule has 0 spiro atoms. The van der Waals surface area contributed by atoms with E-state index < -0.39 is 0 Å². The largest absolute Gasteiger partial charge is 0.497 e. The molecule has 0 amide bonds. The second-order valence-electron chi connectivity index (χ2n) is 6.95. The van der Waals surface area contributed by atoms with Gasteiger partial charge in [0.1, 0.15) is 11.6 Å². The first-order valence-electron chi connectivity index (χ1n) is 9.87. The van der Waals surface area contributed by atoms with Gasteiger partial charge in [-0.15, -0.1) is 0 Å². The zero-order chi connectivity index (χ0) is 20.3. The first kappa shape index (κ1) is 18.4. The second-order valence-corrected chi connectivity index (χ2v) is 6.95. The number of anilines is 3. The molecule has 8 nitrogen and oxygen atoms in total. The highest BCUT2D eigenvalue weighted by Crippen LogP contribution is 2.29. The van der Waals surface area contributed by atoms with Crippen molar-refractivity contribution >= 4 is 28.5 Å². The zero-order valence-electron chi connectivity index (χ0n) is 16.7. The lowest BCUT2D eigenvalue weighted by atomic mass is 10.3. The molecule has 0 unspecified atom stereocenters. The highest BCUT2D eigenvalue weighted by molar-refractivity contribution is 5.89. The number of benzene rings is 2. The molecule has 5 rings (SSSR count). The number of nitrogens with one attached hydrogen (secondary N) is 1. The molecule has 1 saturated heterocycles. The van der Waals surface area contributed by atoms with E-state index in [1.807, 2.05) is 65.5 Å². The summed E-state index contributed by atoms with van der Waals surface area (Å²) < 4.78 is 12.6. The molecule has 0 aliphatic carbocycles. The number of hydrogen-bond donors (Lipinski definition) is 1. The number of fused-ring (bicyclic) bond motifs is 1. The van der Waals surface area contributed by atoms with Crippen molar-refractivity contribution in [1.82, 2.24) is 19.7 Å². The SMILES string of the molecule is COc1ccc(Nc2nc(N3CCOCC3)c3cnn(-c4ccccc4)c3n2)cc1. The molecule has 1 N–H and O–H groups in total. The van der Waals surface area contributed by atoms with E-state index in [2.05, 4.69) is 15.3 Å². The molecule has 0 bridgehead atoms. The Morgan fingerprint density at radius 3 is 2.47 bits per heavy atom. The first-order valence-corrected chi connectivity index (χ1v) is 9.87. The average molecular weight is 402 g/mol. The Morgan fingerprint density at radius 2 is 1.73 bits per heavy atom. The van der Waals surface area contributed by atoms with E-state index in [4.69, 9.17) is 19.4 Å². The van der Waals surface area contributed by atoms with Gasteiger partial charge in [-0.1, -0.05) is 18.2 Å². The standard InChI is InChI=1S/C22H22N6O2/c1-29-18-9-7-16(8-10-18)24-22-25-20(27-11-13-30-14-12-27)19-15-23-28(21(19)26-22)17-5-3-2-4-6-17/h2-10,15H,11-14H2,1H3,(H,24,25,26). The minimum atomic E-state index is 0.520. The Morgan fingerprint density at radius 1 is 0.967 bits per heavy atom. The van der Waals surface area contributed by atoms with Crippen LogP contribution in [0.3, 0.4) is 0 Å². The van der Waals surface area contributed by atoms with Gasteiger partial charge in [-0.2, -0.15) is 15.1 Å². The van der Waals surface area contributed by atoms with E-state index in [0.29, 0.717) is 19.2 Å². The maximum atomic E-state index is 5.52. The van der Waals surface area contributed by atoms with Crippen LogP contribution in [0.1, 0.15) is 0 Å². The van der Waals surface area contributed by atoms with Gasteiger partial charge in [0.2, 0.25) is 5.95 Å². The molecule has 1 aliphatic heterocycles. The minimum Gasteiger partial charge on any atom is -0.497 e. The van der Waals surface area contributed by atoms with Crippen LogP contribution in [0.5, 0.6) is 5.75 Å². The van der Waals surface area contributed by atoms with Crippen LogP contribution in [0.4, 0.5) is 17.5 Å². The number of nitrogens with zero attached hydrogens (tertiary/aromatic N) is 5. The topological polar surface area (TPSA) is 77.3 Å². The summed E-state index contributed by atoms with van der Waals surface area (Å²) >= 11 is 0. The third-order valence-corrected chi connectivity index (χ3v) is 5.07. The fourth-order valence-corrected chi connectivity index (χ4v) is 3.53. The lowest BCUT2D eigenvalue weighted by Crippen LogP contribution is -2.37. The van der Waals surface area contributed by atoms with Gasteiger partial charge in [0.05, 0.1) is 37.6 Å². The molecule has 1 fully saturated rings. The van der Waals surface area contributed by atoms with E-state index >= 15 is 0 Å². The molecular weight excluding hydrogens is 380 g/mol. The van der Waals surface area contributed by atoms with Gasteiger partial charge in [-0.25, -0.2) is 4.68 Å².